The Morgan fingerprint density at radius 2 is 2.05 bits per heavy atom. The molecule has 0 atom stereocenters. The number of halogens is 2. The van der Waals surface area contributed by atoms with Gasteiger partial charge < -0.3 is 10.0 Å². The molecule has 112 valence electrons. The highest BCUT2D eigenvalue weighted by atomic mass is 79.9. The summed E-state index contributed by atoms with van der Waals surface area (Å²) < 4.78 is 2.65. The summed E-state index contributed by atoms with van der Waals surface area (Å²) in [5.74, 6) is -0.889. The number of aliphatic carboxylic acids is 1. The van der Waals surface area contributed by atoms with E-state index in [2.05, 4.69) is 21.0 Å². The lowest BCUT2D eigenvalue weighted by molar-refractivity contribution is -0.135. The summed E-state index contributed by atoms with van der Waals surface area (Å²) in [5.41, 5.74) is 2.59. The zero-order valence-electron chi connectivity index (χ0n) is 11.7. The molecule has 2 rings (SSSR count). The van der Waals surface area contributed by atoms with Crippen LogP contribution < -0.4 is 4.90 Å². The molecule has 21 heavy (non-hydrogen) atoms. The van der Waals surface area contributed by atoms with E-state index >= 15 is 0 Å². The van der Waals surface area contributed by atoms with Crippen molar-refractivity contribution in [2.75, 3.05) is 11.4 Å². The number of rotatable bonds is 5. The van der Waals surface area contributed by atoms with Crippen molar-refractivity contribution in [1.82, 2.24) is 9.78 Å². The van der Waals surface area contributed by atoms with Crippen LogP contribution in [0, 0.1) is 6.92 Å². The number of carbonyl (C=O) groups is 1. The molecule has 0 aliphatic heterocycles. The third kappa shape index (κ3) is 3.77. The molecule has 0 radical (unpaired) electrons. The van der Waals surface area contributed by atoms with Crippen LogP contribution in [0.15, 0.2) is 28.7 Å². The summed E-state index contributed by atoms with van der Waals surface area (Å²) in [5, 5.41) is 14.1. The fourth-order valence-corrected chi connectivity index (χ4v) is 2.67. The predicted molar refractivity (Wildman–Crippen MR) is 85.8 cm³/mol. The number of aryl methyl sites for hydroxylation is 2. The van der Waals surface area contributed by atoms with Gasteiger partial charge in [0.05, 0.1) is 22.4 Å². The molecule has 0 amide bonds. The Balaban J connectivity index is 2.32. The Kier molecular flexibility index (Phi) is 4.90. The van der Waals surface area contributed by atoms with Gasteiger partial charge in [0, 0.05) is 17.8 Å². The van der Waals surface area contributed by atoms with Crippen molar-refractivity contribution in [2.24, 2.45) is 7.05 Å². The van der Waals surface area contributed by atoms with E-state index in [1.54, 1.807) is 21.7 Å². The molecule has 1 N–H and O–H groups in total. The van der Waals surface area contributed by atoms with Gasteiger partial charge in [-0.2, -0.15) is 5.10 Å². The van der Waals surface area contributed by atoms with E-state index in [0.29, 0.717) is 11.6 Å². The number of benzene rings is 1. The Morgan fingerprint density at radius 3 is 2.52 bits per heavy atom. The highest BCUT2D eigenvalue weighted by Crippen LogP contribution is 2.25. The first-order valence-electron chi connectivity index (χ1n) is 6.28. The zero-order chi connectivity index (χ0) is 15.6. The van der Waals surface area contributed by atoms with E-state index in [9.17, 15) is 4.79 Å². The smallest absolute Gasteiger partial charge is 0.323 e. The number of aromatic nitrogens is 2. The molecule has 0 unspecified atom stereocenters. The van der Waals surface area contributed by atoms with Crippen molar-refractivity contribution in [3.63, 3.8) is 0 Å². The van der Waals surface area contributed by atoms with Crippen molar-refractivity contribution in [3.05, 3.63) is 45.1 Å². The molecule has 1 heterocycles. The average Bonchev–Trinajstić information content (AvgIpc) is 2.65. The van der Waals surface area contributed by atoms with Crippen molar-refractivity contribution in [1.29, 1.82) is 0 Å². The molecule has 2 aromatic rings. The summed E-state index contributed by atoms with van der Waals surface area (Å²) >= 11 is 9.38. The van der Waals surface area contributed by atoms with Crippen molar-refractivity contribution < 1.29 is 9.90 Å². The average molecular weight is 373 g/mol. The van der Waals surface area contributed by atoms with E-state index in [-0.39, 0.29) is 6.54 Å². The Bertz CT molecular complexity index is 655. The lowest BCUT2D eigenvalue weighted by atomic mass is 10.2. The highest BCUT2D eigenvalue weighted by Gasteiger charge is 2.17. The topological polar surface area (TPSA) is 58.4 Å². The first-order chi connectivity index (χ1) is 9.88. The Labute approximate surface area is 136 Å². The third-order valence-electron chi connectivity index (χ3n) is 3.12. The molecular weight excluding hydrogens is 358 g/mol. The van der Waals surface area contributed by atoms with Crippen LogP contribution in [-0.4, -0.2) is 27.4 Å². The third-order valence-corrected chi connectivity index (χ3v) is 4.40. The number of nitrogens with zero attached hydrogens (tertiary/aromatic N) is 3. The predicted octanol–water partition coefficient (Wildman–Crippen LogP) is 3.24. The van der Waals surface area contributed by atoms with Gasteiger partial charge in [0.1, 0.15) is 6.54 Å². The van der Waals surface area contributed by atoms with Crippen LogP contribution in [0.4, 0.5) is 5.69 Å². The van der Waals surface area contributed by atoms with Crippen LogP contribution in [-0.2, 0) is 18.4 Å². The standard InChI is InChI=1S/C14H15BrClN3O2/c1-9-14(15)12(18(2)17-9)7-19(8-13(20)21)11-5-3-10(16)4-6-11/h3-6H,7-8H2,1-2H3,(H,20,21). The van der Waals surface area contributed by atoms with Gasteiger partial charge in [0.2, 0.25) is 0 Å². The van der Waals surface area contributed by atoms with Crippen LogP contribution >= 0.6 is 27.5 Å². The largest absolute Gasteiger partial charge is 0.480 e. The summed E-state index contributed by atoms with van der Waals surface area (Å²) in [6.45, 7) is 2.24. The van der Waals surface area contributed by atoms with Crippen LogP contribution in [0.2, 0.25) is 5.02 Å². The van der Waals surface area contributed by atoms with Gasteiger partial charge in [-0.25, -0.2) is 0 Å². The molecule has 0 saturated heterocycles. The monoisotopic (exact) mass is 371 g/mol. The number of carboxylic acid groups (broad SMARTS) is 1. The van der Waals surface area contributed by atoms with Crippen molar-refractivity contribution in [2.45, 2.75) is 13.5 Å². The van der Waals surface area contributed by atoms with E-state index in [1.807, 2.05) is 26.1 Å². The SMILES string of the molecule is Cc1nn(C)c(CN(CC(=O)O)c2ccc(Cl)cc2)c1Br. The van der Waals surface area contributed by atoms with Crippen LogP contribution in [0.3, 0.4) is 0 Å². The fourth-order valence-electron chi connectivity index (χ4n) is 2.09. The van der Waals surface area contributed by atoms with Crippen molar-refractivity contribution in [3.8, 4) is 0 Å². The molecule has 0 aliphatic rings. The van der Waals surface area contributed by atoms with E-state index in [1.165, 1.54) is 0 Å². The van der Waals surface area contributed by atoms with Crippen molar-refractivity contribution >= 4 is 39.2 Å². The van der Waals surface area contributed by atoms with Gasteiger partial charge in [-0.15, -0.1) is 0 Å². The van der Waals surface area contributed by atoms with E-state index in [0.717, 1.165) is 21.5 Å². The Morgan fingerprint density at radius 1 is 1.43 bits per heavy atom. The zero-order valence-corrected chi connectivity index (χ0v) is 14.0. The highest BCUT2D eigenvalue weighted by molar-refractivity contribution is 9.10. The molecule has 0 bridgehead atoms. The molecule has 7 heteroatoms. The Hall–Kier alpha value is -1.53. The minimum Gasteiger partial charge on any atom is -0.480 e. The van der Waals surface area contributed by atoms with Gasteiger partial charge in [0.15, 0.2) is 0 Å². The molecular formula is C14H15BrClN3O2. The minimum absolute atomic E-state index is 0.0989. The maximum Gasteiger partial charge on any atom is 0.323 e. The van der Waals surface area contributed by atoms with Crippen LogP contribution in [0.5, 0.6) is 0 Å². The second-order valence-electron chi connectivity index (χ2n) is 4.70. The normalized spacial score (nSPS) is 10.7. The van der Waals surface area contributed by atoms with Gasteiger partial charge in [-0.3, -0.25) is 9.48 Å². The number of hydrogen-bond acceptors (Lipinski definition) is 3. The van der Waals surface area contributed by atoms with Gasteiger partial charge in [0.25, 0.3) is 0 Å². The number of anilines is 1. The fraction of sp³-hybridized carbons (Fsp3) is 0.286. The minimum atomic E-state index is -0.889. The molecule has 0 aliphatic carbocycles. The van der Waals surface area contributed by atoms with Crippen LogP contribution in [0.25, 0.3) is 0 Å². The second-order valence-corrected chi connectivity index (χ2v) is 5.93. The quantitative estimate of drug-likeness (QED) is 0.875. The van der Waals surface area contributed by atoms with E-state index in [4.69, 9.17) is 16.7 Å². The summed E-state index contributed by atoms with van der Waals surface area (Å²) in [6, 6.07) is 7.11. The van der Waals surface area contributed by atoms with Crippen LogP contribution in [0.1, 0.15) is 11.4 Å². The molecule has 1 aromatic heterocycles. The second kappa shape index (κ2) is 6.49. The number of hydrogen-bond donors (Lipinski definition) is 1. The maximum atomic E-state index is 11.1. The molecule has 5 nitrogen and oxygen atoms in total. The van der Waals surface area contributed by atoms with Gasteiger partial charge >= 0.3 is 5.97 Å². The summed E-state index contributed by atoms with van der Waals surface area (Å²) in [4.78, 5) is 12.9. The first-order valence-corrected chi connectivity index (χ1v) is 7.46. The molecule has 0 spiro atoms. The lowest BCUT2D eigenvalue weighted by Crippen LogP contribution is -2.30. The summed E-state index contributed by atoms with van der Waals surface area (Å²) in [7, 11) is 1.84. The molecule has 0 saturated carbocycles. The van der Waals surface area contributed by atoms with E-state index < -0.39 is 5.97 Å². The summed E-state index contributed by atoms with van der Waals surface area (Å²) in [6.07, 6.45) is 0. The maximum absolute atomic E-state index is 11.1. The molecule has 1 aromatic carbocycles. The van der Waals surface area contributed by atoms with Gasteiger partial charge in [-0.1, -0.05) is 11.6 Å². The molecule has 0 fully saturated rings. The number of carboxylic acids is 1. The lowest BCUT2D eigenvalue weighted by Gasteiger charge is -2.23. The first kappa shape index (κ1) is 15.9. The van der Waals surface area contributed by atoms with Gasteiger partial charge in [-0.05, 0) is 47.1 Å².